The number of aromatic nitrogens is 3. The molecule has 132 valence electrons. The predicted molar refractivity (Wildman–Crippen MR) is 97.0 cm³/mol. The van der Waals surface area contributed by atoms with E-state index in [9.17, 15) is 9.18 Å². The number of carbonyl (C=O) groups is 1. The Bertz CT molecular complexity index is 900. The van der Waals surface area contributed by atoms with Gasteiger partial charge in [-0.05, 0) is 42.7 Å². The second-order valence-corrected chi connectivity index (χ2v) is 6.67. The third-order valence-corrected chi connectivity index (χ3v) is 5.10. The Morgan fingerprint density at radius 2 is 1.88 bits per heavy atom. The SMILES string of the molecule is O=C(Nc1cccc(-c2ncn[nH]2)c1)C1(c2ccc(F)cc2)CCCC1. The minimum Gasteiger partial charge on any atom is -0.325 e. The van der Waals surface area contributed by atoms with Crippen LogP contribution in [0.4, 0.5) is 10.1 Å². The number of hydrogen-bond acceptors (Lipinski definition) is 3. The highest BCUT2D eigenvalue weighted by atomic mass is 19.1. The molecule has 2 aromatic carbocycles. The average molecular weight is 350 g/mol. The van der Waals surface area contributed by atoms with Gasteiger partial charge in [-0.2, -0.15) is 5.10 Å². The van der Waals surface area contributed by atoms with E-state index in [1.807, 2.05) is 24.3 Å². The van der Waals surface area contributed by atoms with Gasteiger partial charge in [-0.3, -0.25) is 9.89 Å². The molecule has 3 aromatic rings. The molecule has 6 heteroatoms. The Balaban J connectivity index is 1.62. The van der Waals surface area contributed by atoms with Gasteiger partial charge in [0, 0.05) is 11.3 Å². The molecule has 1 saturated carbocycles. The van der Waals surface area contributed by atoms with Crippen molar-refractivity contribution in [3.8, 4) is 11.4 Å². The van der Waals surface area contributed by atoms with Crippen LogP contribution in [0.2, 0.25) is 0 Å². The van der Waals surface area contributed by atoms with E-state index in [0.717, 1.165) is 36.8 Å². The Morgan fingerprint density at radius 3 is 2.58 bits per heavy atom. The molecule has 1 aromatic heterocycles. The van der Waals surface area contributed by atoms with Gasteiger partial charge in [0.25, 0.3) is 0 Å². The van der Waals surface area contributed by atoms with Gasteiger partial charge in [0.05, 0.1) is 5.41 Å². The average Bonchev–Trinajstić information content (AvgIpc) is 3.35. The standard InChI is InChI=1S/C20H19FN4O/c21-16-8-6-15(7-9-16)20(10-1-2-11-20)19(26)24-17-5-3-4-14(12-17)18-22-13-23-25-18/h3-9,12-13H,1-2,10-11H2,(H,24,26)(H,22,23,25). The maximum atomic E-state index is 13.3. The van der Waals surface area contributed by atoms with Gasteiger partial charge < -0.3 is 5.32 Å². The number of carbonyl (C=O) groups excluding carboxylic acids is 1. The molecule has 0 saturated heterocycles. The van der Waals surface area contributed by atoms with Crippen LogP contribution in [0.25, 0.3) is 11.4 Å². The smallest absolute Gasteiger partial charge is 0.235 e. The molecular formula is C20H19FN4O. The van der Waals surface area contributed by atoms with Crippen LogP contribution in [0, 0.1) is 5.82 Å². The zero-order chi connectivity index (χ0) is 18.0. The number of halogens is 1. The maximum Gasteiger partial charge on any atom is 0.235 e. The van der Waals surface area contributed by atoms with Crippen molar-refractivity contribution in [2.75, 3.05) is 5.32 Å². The molecule has 0 bridgehead atoms. The number of aromatic amines is 1. The van der Waals surface area contributed by atoms with E-state index >= 15 is 0 Å². The van der Waals surface area contributed by atoms with E-state index in [0.29, 0.717) is 11.5 Å². The van der Waals surface area contributed by atoms with Crippen molar-refractivity contribution in [3.63, 3.8) is 0 Å². The number of H-pyrrole nitrogens is 1. The number of nitrogens with zero attached hydrogens (tertiary/aromatic N) is 2. The second-order valence-electron chi connectivity index (χ2n) is 6.67. The molecular weight excluding hydrogens is 331 g/mol. The summed E-state index contributed by atoms with van der Waals surface area (Å²) in [5, 5.41) is 9.72. The van der Waals surface area contributed by atoms with Crippen LogP contribution in [0.1, 0.15) is 31.2 Å². The Hall–Kier alpha value is -3.02. The molecule has 0 radical (unpaired) electrons. The maximum absolute atomic E-state index is 13.3. The van der Waals surface area contributed by atoms with Crippen LogP contribution in [0.3, 0.4) is 0 Å². The van der Waals surface area contributed by atoms with Gasteiger partial charge >= 0.3 is 0 Å². The summed E-state index contributed by atoms with van der Waals surface area (Å²) in [7, 11) is 0. The number of hydrogen-bond donors (Lipinski definition) is 2. The molecule has 0 unspecified atom stereocenters. The number of benzene rings is 2. The molecule has 4 rings (SSSR count). The Labute approximate surface area is 150 Å². The Kier molecular flexibility index (Phi) is 4.24. The molecule has 0 aliphatic heterocycles. The van der Waals surface area contributed by atoms with Crippen LogP contribution < -0.4 is 5.32 Å². The lowest BCUT2D eigenvalue weighted by Gasteiger charge is -2.28. The third-order valence-electron chi connectivity index (χ3n) is 5.10. The molecule has 1 heterocycles. The van der Waals surface area contributed by atoms with Gasteiger partial charge in [-0.15, -0.1) is 0 Å². The van der Waals surface area contributed by atoms with E-state index in [1.54, 1.807) is 12.1 Å². The summed E-state index contributed by atoms with van der Waals surface area (Å²) in [6, 6.07) is 13.8. The lowest BCUT2D eigenvalue weighted by molar-refractivity contribution is -0.121. The molecule has 5 nitrogen and oxygen atoms in total. The lowest BCUT2D eigenvalue weighted by Crippen LogP contribution is -2.38. The summed E-state index contributed by atoms with van der Waals surface area (Å²) in [4.78, 5) is 17.3. The lowest BCUT2D eigenvalue weighted by atomic mass is 9.78. The fourth-order valence-electron chi connectivity index (χ4n) is 3.73. The van der Waals surface area contributed by atoms with Gasteiger partial charge in [0.15, 0.2) is 5.82 Å². The normalized spacial score (nSPS) is 15.7. The number of anilines is 1. The summed E-state index contributed by atoms with van der Waals surface area (Å²) < 4.78 is 13.3. The highest BCUT2D eigenvalue weighted by molar-refractivity contribution is 5.99. The van der Waals surface area contributed by atoms with Crippen molar-refractivity contribution in [1.82, 2.24) is 15.2 Å². The molecule has 1 aliphatic rings. The zero-order valence-corrected chi connectivity index (χ0v) is 14.2. The van der Waals surface area contributed by atoms with Crippen LogP contribution >= 0.6 is 0 Å². The number of nitrogens with one attached hydrogen (secondary N) is 2. The van der Waals surface area contributed by atoms with Crippen molar-refractivity contribution < 1.29 is 9.18 Å². The molecule has 26 heavy (non-hydrogen) atoms. The van der Waals surface area contributed by atoms with Crippen molar-refractivity contribution in [3.05, 3.63) is 66.2 Å². The fourth-order valence-corrected chi connectivity index (χ4v) is 3.73. The molecule has 2 N–H and O–H groups in total. The largest absolute Gasteiger partial charge is 0.325 e. The van der Waals surface area contributed by atoms with E-state index in [2.05, 4.69) is 20.5 Å². The van der Waals surface area contributed by atoms with Gasteiger partial charge in [-0.1, -0.05) is 37.1 Å². The summed E-state index contributed by atoms with van der Waals surface area (Å²) in [5.74, 6) is 0.314. The zero-order valence-electron chi connectivity index (χ0n) is 14.2. The first kappa shape index (κ1) is 16.4. The number of amides is 1. The summed E-state index contributed by atoms with van der Waals surface area (Å²) in [6.45, 7) is 0. The fraction of sp³-hybridized carbons (Fsp3) is 0.250. The van der Waals surface area contributed by atoms with Crippen molar-refractivity contribution in [2.45, 2.75) is 31.1 Å². The summed E-state index contributed by atoms with van der Waals surface area (Å²) >= 11 is 0. The van der Waals surface area contributed by atoms with Gasteiger partial charge in [-0.25, -0.2) is 9.37 Å². The molecule has 0 atom stereocenters. The topological polar surface area (TPSA) is 70.7 Å². The van der Waals surface area contributed by atoms with Crippen LogP contribution in [0.5, 0.6) is 0 Å². The van der Waals surface area contributed by atoms with Gasteiger partial charge in [0.1, 0.15) is 12.1 Å². The molecule has 1 amide bonds. The second kappa shape index (κ2) is 6.71. The third kappa shape index (κ3) is 2.98. The van der Waals surface area contributed by atoms with Crippen LogP contribution in [-0.4, -0.2) is 21.1 Å². The minimum absolute atomic E-state index is 0.0451. The highest BCUT2D eigenvalue weighted by Gasteiger charge is 2.42. The van der Waals surface area contributed by atoms with E-state index in [4.69, 9.17) is 0 Å². The molecule has 0 spiro atoms. The Morgan fingerprint density at radius 1 is 1.12 bits per heavy atom. The minimum atomic E-state index is -0.601. The van der Waals surface area contributed by atoms with Crippen molar-refractivity contribution in [1.29, 1.82) is 0 Å². The van der Waals surface area contributed by atoms with E-state index in [1.165, 1.54) is 18.5 Å². The van der Waals surface area contributed by atoms with E-state index in [-0.39, 0.29) is 11.7 Å². The summed E-state index contributed by atoms with van der Waals surface area (Å²) in [5.41, 5.74) is 1.83. The predicted octanol–water partition coefficient (Wildman–Crippen LogP) is 4.06. The summed E-state index contributed by atoms with van der Waals surface area (Å²) in [6.07, 6.45) is 4.97. The number of rotatable bonds is 4. The molecule has 1 fully saturated rings. The first-order valence-electron chi connectivity index (χ1n) is 8.71. The van der Waals surface area contributed by atoms with Crippen molar-refractivity contribution >= 4 is 11.6 Å². The monoisotopic (exact) mass is 350 g/mol. The van der Waals surface area contributed by atoms with Crippen LogP contribution in [-0.2, 0) is 10.2 Å². The highest BCUT2D eigenvalue weighted by Crippen LogP contribution is 2.42. The van der Waals surface area contributed by atoms with Gasteiger partial charge in [0.2, 0.25) is 5.91 Å². The van der Waals surface area contributed by atoms with Crippen molar-refractivity contribution in [2.24, 2.45) is 0 Å². The first-order chi connectivity index (χ1) is 12.7. The van der Waals surface area contributed by atoms with E-state index < -0.39 is 5.41 Å². The quantitative estimate of drug-likeness (QED) is 0.745. The molecule has 1 aliphatic carbocycles. The first-order valence-corrected chi connectivity index (χ1v) is 8.71. The van der Waals surface area contributed by atoms with Crippen LogP contribution in [0.15, 0.2) is 54.9 Å².